The quantitative estimate of drug-likeness (QED) is 0.160. The molecule has 0 aromatic heterocycles. The van der Waals surface area contributed by atoms with Crippen molar-refractivity contribution in [3.05, 3.63) is 122 Å². The van der Waals surface area contributed by atoms with Gasteiger partial charge in [0.15, 0.2) is 0 Å². The Kier molecular flexibility index (Phi) is 8.80. The standard InChI is InChI=1S/C60H75BN2/c1-35-27-50-53-51(28-35)63(47-32-42-40(29-36(47)2)56(9,10)23-24-57(42,11)12)48-30-38(54(4,5)6)19-21-44(48)61(53)45-31-41-43(60(17,18)34-59(41,15)16)33-49(45)62(50)46-22-20-39-52(37(46)3)58(13,14)26-25-55(39,7)8/h19-22,27-33H,23-26,34H2,1-18H3. The van der Waals surface area contributed by atoms with Gasteiger partial charge in [0, 0.05) is 34.1 Å². The van der Waals surface area contributed by atoms with Crippen LogP contribution < -0.4 is 26.2 Å². The van der Waals surface area contributed by atoms with Crippen molar-refractivity contribution in [2.75, 3.05) is 9.80 Å². The van der Waals surface area contributed by atoms with E-state index in [4.69, 9.17) is 0 Å². The number of benzene rings is 5. The Bertz CT molecular complexity index is 2800. The Morgan fingerprint density at radius 3 is 1.54 bits per heavy atom. The van der Waals surface area contributed by atoms with Crippen LogP contribution in [0.5, 0.6) is 0 Å². The van der Waals surface area contributed by atoms with E-state index in [-0.39, 0.29) is 44.6 Å². The van der Waals surface area contributed by atoms with E-state index < -0.39 is 0 Å². The molecule has 3 aliphatic carbocycles. The lowest BCUT2D eigenvalue weighted by molar-refractivity contribution is 0.330. The average Bonchev–Trinajstić information content (AvgIpc) is 3.35. The van der Waals surface area contributed by atoms with Gasteiger partial charge in [-0.15, -0.1) is 0 Å². The highest BCUT2D eigenvalue weighted by molar-refractivity contribution is 7.00. The molecule has 2 nitrogen and oxygen atoms in total. The van der Waals surface area contributed by atoms with Crippen molar-refractivity contribution in [3.63, 3.8) is 0 Å². The van der Waals surface area contributed by atoms with Gasteiger partial charge in [-0.25, -0.2) is 0 Å². The first-order valence-electron chi connectivity index (χ1n) is 24.4. The highest BCUT2D eigenvalue weighted by Gasteiger charge is 2.50. The van der Waals surface area contributed by atoms with E-state index in [1.54, 1.807) is 5.56 Å². The topological polar surface area (TPSA) is 6.48 Å². The predicted molar refractivity (Wildman–Crippen MR) is 275 cm³/mol. The summed E-state index contributed by atoms with van der Waals surface area (Å²) in [6.45, 7) is 44.1. The first-order chi connectivity index (χ1) is 29.1. The van der Waals surface area contributed by atoms with E-state index in [2.05, 4.69) is 201 Å². The minimum atomic E-state index is -0.000325. The van der Waals surface area contributed by atoms with Crippen molar-refractivity contribution < 1.29 is 0 Å². The molecule has 0 amide bonds. The molecule has 0 spiro atoms. The maximum absolute atomic E-state index is 2.74. The van der Waals surface area contributed by atoms with E-state index in [0.29, 0.717) is 0 Å². The Morgan fingerprint density at radius 2 is 0.937 bits per heavy atom. The van der Waals surface area contributed by atoms with Crippen LogP contribution >= 0.6 is 0 Å². The lowest BCUT2D eigenvalue weighted by atomic mass is 9.33. The predicted octanol–water partition coefficient (Wildman–Crippen LogP) is 14.6. The summed E-state index contributed by atoms with van der Waals surface area (Å²) < 4.78 is 0. The lowest BCUT2D eigenvalue weighted by Crippen LogP contribution is -2.61. The van der Waals surface area contributed by atoms with Crippen molar-refractivity contribution in [2.24, 2.45) is 0 Å². The molecule has 0 fully saturated rings. The van der Waals surface area contributed by atoms with E-state index in [1.165, 1.54) is 126 Å². The number of hydrogen-bond acceptors (Lipinski definition) is 2. The van der Waals surface area contributed by atoms with Crippen LogP contribution in [0.4, 0.5) is 34.1 Å². The van der Waals surface area contributed by atoms with Gasteiger partial charge >= 0.3 is 0 Å². The molecule has 0 unspecified atom stereocenters. The zero-order valence-corrected chi connectivity index (χ0v) is 42.4. The third-order valence-corrected chi connectivity index (χ3v) is 17.4. The Hall–Kier alpha value is -4.24. The van der Waals surface area contributed by atoms with E-state index >= 15 is 0 Å². The molecule has 0 saturated heterocycles. The van der Waals surface area contributed by atoms with Gasteiger partial charge in [-0.1, -0.05) is 134 Å². The molecule has 328 valence electrons. The van der Waals surface area contributed by atoms with Crippen LogP contribution in [-0.2, 0) is 37.9 Å². The number of nitrogens with zero attached hydrogens (tertiary/aromatic N) is 2. The summed E-state index contributed by atoms with van der Waals surface area (Å²) in [5, 5.41) is 0. The third kappa shape index (κ3) is 6.09. The lowest BCUT2D eigenvalue weighted by Gasteiger charge is -2.48. The number of aryl methyl sites for hydroxylation is 2. The van der Waals surface area contributed by atoms with Gasteiger partial charge in [-0.3, -0.25) is 0 Å². The van der Waals surface area contributed by atoms with Gasteiger partial charge in [0.1, 0.15) is 0 Å². The third-order valence-electron chi connectivity index (χ3n) is 17.4. The van der Waals surface area contributed by atoms with Crippen LogP contribution in [0.1, 0.15) is 192 Å². The molecule has 63 heavy (non-hydrogen) atoms. The van der Waals surface area contributed by atoms with Crippen molar-refractivity contribution in [3.8, 4) is 0 Å². The van der Waals surface area contributed by atoms with Gasteiger partial charge in [-0.05, 0) is 199 Å². The molecule has 3 heteroatoms. The fourth-order valence-electron chi connectivity index (χ4n) is 13.8. The van der Waals surface area contributed by atoms with Gasteiger partial charge in [0.05, 0.1) is 0 Å². The fourth-order valence-corrected chi connectivity index (χ4v) is 13.8. The molecule has 5 aromatic carbocycles. The molecule has 2 aliphatic heterocycles. The summed E-state index contributed by atoms with van der Waals surface area (Å²) in [7, 11) is 0. The van der Waals surface area contributed by atoms with Crippen molar-refractivity contribution in [1.29, 1.82) is 0 Å². The number of fused-ring (bicyclic) bond motifs is 7. The first-order valence-corrected chi connectivity index (χ1v) is 24.4. The van der Waals surface area contributed by atoms with Crippen LogP contribution in [0.15, 0.2) is 66.7 Å². The average molecular weight is 835 g/mol. The highest BCUT2D eigenvalue weighted by Crippen LogP contribution is 2.56. The highest BCUT2D eigenvalue weighted by atomic mass is 15.2. The van der Waals surface area contributed by atoms with Gasteiger partial charge < -0.3 is 9.80 Å². The zero-order valence-electron chi connectivity index (χ0n) is 42.4. The van der Waals surface area contributed by atoms with Crippen LogP contribution in [0.25, 0.3) is 0 Å². The number of rotatable bonds is 2. The molecule has 5 aliphatic rings. The summed E-state index contributed by atoms with van der Waals surface area (Å²) in [6.07, 6.45) is 5.96. The van der Waals surface area contributed by atoms with E-state index in [0.717, 1.165) is 6.42 Å². The molecule has 10 rings (SSSR count). The number of anilines is 6. The molecule has 0 N–H and O–H groups in total. The maximum atomic E-state index is 2.74. The molecule has 0 radical (unpaired) electrons. The second-order valence-electron chi connectivity index (χ2n) is 26.1. The molecule has 0 saturated carbocycles. The summed E-state index contributed by atoms with van der Waals surface area (Å²) in [6, 6.07) is 28.2. The molecule has 0 bridgehead atoms. The molecule has 0 atom stereocenters. The molecule has 2 heterocycles. The van der Waals surface area contributed by atoms with Gasteiger partial charge in [-0.2, -0.15) is 0 Å². The van der Waals surface area contributed by atoms with Crippen LogP contribution in [0, 0.1) is 20.8 Å². The Labute approximate surface area is 382 Å². The minimum absolute atomic E-state index is 0.000325. The minimum Gasteiger partial charge on any atom is -0.311 e. The normalized spacial score (nSPS) is 21.2. The van der Waals surface area contributed by atoms with E-state index in [1.807, 2.05) is 0 Å². The van der Waals surface area contributed by atoms with Crippen molar-refractivity contribution in [2.45, 2.75) is 195 Å². The van der Waals surface area contributed by atoms with Gasteiger partial charge in [0.25, 0.3) is 6.71 Å². The van der Waals surface area contributed by atoms with Gasteiger partial charge in [0.2, 0.25) is 0 Å². The largest absolute Gasteiger partial charge is 0.311 e. The summed E-state index contributed by atoms with van der Waals surface area (Å²) in [5.74, 6) is 0. The molecule has 5 aromatic rings. The second-order valence-corrected chi connectivity index (χ2v) is 26.1. The Morgan fingerprint density at radius 1 is 0.444 bits per heavy atom. The SMILES string of the molecule is Cc1cc2c3c(c1)N(c1ccc4c(c1C)C(C)(C)CCC4(C)C)c1cc4c(cc1B3c1ccc(C(C)(C)C)cc1N2c1cc2c(cc1C)C(C)(C)CCC2(C)C)C(C)(C)CC4(C)C. The summed E-state index contributed by atoms with van der Waals surface area (Å²) in [4.78, 5) is 5.46. The van der Waals surface area contributed by atoms with Crippen molar-refractivity contribution in [1.82, 2.24) is 0 Å². The van der Waals surface area contributed by atoms with Crippen LogP contribution in [-0.4, -0.2) is 6.71 Å². The van der Waals surface area contributed by atoms with Crippen LogP contribution in [0.3, 0.4) is 0 Å². The number of hydrogen-bond donors (Lipinski definition) is 0. The second kappa shape index (κ2) is 13.0. The zero-order chi connectivity index (χ0) is 45.5. The Balaban J connectivity index is 1.34. The smallest absolute Gasteiger partial charge is 0.252 e. The van der Waals surface area contributed by atoms with Crippen LogP contribution in [0.2, 0.25) is 0 Å². The summed E-state index contributed by atoms with van der Waals surface area (Å²) >= 11 is 0. The molecular formula is C60H75BN2. The first kappa shape index (κ1) is 42.7. The maximum Gasteiger partial charge on any atom is 0.252 e. The fraction of sp³-hybridized carbons (Fsp3) is 0.500. The molecular weight excluding hydrogens is 759 g/mol. The monoisotopic (exact) mass is 835 g/mol. The van der Waals surface area contributed by atoms with Crippen molar-refractivity contribution >= 4 is 57.2 Å². The van der Waals surface area contributed by atoms with E-state index in [9.17, 15) is 0 Å². The summed E-state index contributed by atoms with van der Waals surface area (Å²) in [5.41, 5.74) is 27.6.